The first kappa shape index (κ1) is 25.6. The third kappa shape index (κ3) is 8.08. The Morgan fingerprint density at radius 1 is 1.16 bits per heavy atom. The standard InChI is InChI=1S/C23H36N6O.HI/c1-4-24-23(26-17-22(19(2)3)28-12-14-30-15-13-28)25-11-10-20-16-27-29(18-20)21-8-6-5-7-9-21;/h5-9,16,18-19,22H,4,10-15,17H2,1-3H3,(H2,24,25,26);1H. The highest BCUT2D eigenvalue weighted by atomic mass is 127. The number of ether oxygens (including phenoxy) is 1. The van der Waals surface area contributed by atoms with E-state index < -0.39 is 0 Å². The number of hydrogen-bond acceptors (Lipinski definition) is 4. The van der Waals surface area contributed by atoms with Crippen molar-refractivity contribution in [2.45, 2.75) is 33.2 Å². The Hall–Kier alpha value is -1.65. The molecule has 3 rings (SSSR count). The summed E-state index contributed by atoms with van der Waals surface area (Å²) in [6.07, 6.45) is 4.93. The topological polar surface area (TPSA) is 66.7 Å². The molecule has 7 nitrogen and oxygen atoms in total. The molecule has 1 aliphatic heterocycles. The van der Waals surface area contributed by atoms with Gasteiger partial charge in [0.25, 0.3) is 0 Å². The molecule has 1 saturated heterocycles. The van der Waals surface area contributed by atoms with E-state index in [-0.39, 0.29) is 24.0 Å². The van der Waals surface area contributed by atoms with Crippen LogP contribution in [-0.4, -0.2) is 72.6 Å². The van der Waals surface area contributed by atoms with E-state index in [0.717, 1.165) is 64.0 Å². The summed E-state index contributed by atoms with van der Waals surface area (Å²) in [4.78, 5) is 7.40. The summed E-state index contributed by atoms with van der Waals surface area (Å²) in [5.74, 6) is 1.44. The smallest absolute Gasteiger partial charge is 0.191 e. The van der Waals surface area contributed by atoms with E-state index >= 15 is 0 Å². The van der Waals surface area contributed by atoms with Crippen molar-refractivity contribution in [3.05, 3.63) is 48.3 Å². The van der Waals surface area contributed by atoms with Crippen LogP contribution in [0, 0.1) is 5.92 Å². The maximum absolute atomic E-state index is 5.51. The Bertz CT molecular complexity index is 773. The van der Waals surface area contributed by atoms with Crippen LogP contribution in [0.15, 0.2) is 47.7 Å². The molecule has 0 spiro atoms. The number of hydrogen-bond donors (Lipinski definition) is 2. The molecule has 172 valence electrons. The molecule has 1 unspecified atom stereocenters. The molecule has 0 bridgehead atoms. The lowest BCUT2D eigenvalue weighted by atomic mass is 10.0. The number of morpholine rings is 1. The summed E-state index contributed by atoms with van der Waals surface area (Å²) in [5, 5.41) is 11.3. The molecule has 1 aromatic heterocycles. The molecule has 1 aromatic carbocycles. The Morgan fingerprint density at radius 3 is 2.58 bits per heavy atom. The molecule has 0 amide bonds. The third-order valence-corrected chi connectivity index (χ3v) is 5.43. The van der Waals surface area contributed by atoms with Crippen LogP contribution in [0.3, 0.4) is 0 Å². The number of halogens is 1. The Balaban J connectivity index is 0.00000341. The van der Waals surface area contributed by atoms with Crippen molar-refractivity contribution in [1.82, 2.24) is 25.3 Å². The SMILES string of the molecule is CCNC(=NCC(C(C)C)N1CCOCC1)NCCc1cnn(-c2ccccc2)c1.I. The molecule has 1 atom stereocenters. The average Bonchev–Trinajstić information content (AvgIpc) is 3.24. The predicted molar refractivity (Wildman–Crippen MR) is 138 cm³/mol. The zero-order chi connectivity index (χ0) is 21.2. The molecular formula is C23H37IN6O. The first-order valence-corrected chi connectivity index (χ1v) is 11.1. The van der Waals surface area contributed by atoms with Crippen LogP contribution < -0.4 is 10.6 Å². The first-order valence-electron chi connectivity index (χ1n) is 11.1. The highest BCUT2D eigenvalue weighted by Gasteiger charge is 2.23. The largest absolute Gasteiger partial charge is 0.379 e. The summed E-state index contributed by atoms with van der Waals surface area (Å²) in [6.45, 7) is 12.7. The van der Waals surface area contributed by atoms with Crippen LogP contribution in [0.2, 0.25) is 0 Å². The maximum atomic E-state index is 5.51. The number of para-hydroxylation sites is 1. The van der Waals surface area contributed by atoms with Gasteiger partial charge in [-0.2, -0.15) is 5.10 Å². The minimum Gasteiger partial charge on any atom is -0.379 e. The molecule has 0 aliphatic carbocycles. The fraction of sp³-hybridized carbons (Fsp3) is 0.565. The molecule has 0 saturated carbocycles. The van der Waals surface area contributed by atoms with Crippen molar-refractivity contribution in [1.29, 1.82) is 0 Å². The second kappa shape index (κ2) is 13.7. The zero-order valence-electron chi connectivity index (χ0n) is 19.0. The summed E-state index contributed by atoms with van der Waals surface area (Å²) in [6, 6.07) is 10.6. The van der Waals surface area contributed by atoms with Gasteiger partial charge in [-0.1, -0.05) is 32.0 Å². The number of rotatable bonds is 9. The summed E-state index contributed by atoms with van der Waals surface area (Å²) >= 11 is 0. The van der Waals surface area contributed by atoms with Crippen molar-refractivity contribution in [2.75, 3.05) is 45.9 Å². The van der Waals surface area contributed by atoms with E-state index in [0.29, 0.717) is 12.0 Å². The third-order valence-electron chi connectivity index (χ3n) is 5.43. The van der Waals surface area contributed by atoms with Crippen molar-refractivity contribution < 1.29 is 4.74 Å². The van der Waals surface area contributed by atoms with E-state index in [4.69, 9.17) is 9.73 Å². The molecule has 8 heteroatoms. The minimum absolute atomic E-state index is 0. The molecule has 2 aromatic rings. The molecular weight excluding hydrogens is 503 g/mol. The van der Waals surface area contributed by atoms with Crippen molar-refractivity contribution >= 4 is 29.9 Å². The number of nitrogens with one attached hydrogen (secondary N) is 2. The van der Waals surface area contributed by atoms with Crippen molar-refractivity contribution in [3.8, 4) is 5.69 Å². The van der Waals surface area contributed by atoms with Gasteiger partial charge in [-0.25, -0.2) is 4.68 Å². The molecule has 1 fully saturated rings. The van der Waals surface area contributed by atoms with Gasteiger partial charge in [0.15, 0.2) is 5.96 Å². The second-order valence-corrected chi connectivity index (χ2v) is 7.98. The van der Waals surface area contributed by atoms with Crippen LogP contribution >= 0.6 is 24.0 Å². The zero-order valence-corrected chi connectivity index (χ0v) is 21.3. The number of aliphatic imine (C=N–C) groups is 1. The van der Waals surface area contributed by atoms with Gasteiger partial charge in [-0.3, -0.25) is 9.89 Å². The highest BCUT2D eigenvalue weighted by molar-refractivity contribution is 14.0. The van der Waals surface area contributed by atoms with E-state index in [9.17, 15) is 0 Å². The molecule has 1 aliphatic rings. The van der Waals surface area contributed by atoms with Gasteiger partial charge < -0.3 is 15.4 Å². The Labute approximate surface area is 203 Å². The van der Waals surface area contributed by atoms with Crippen molar-refractivity contribution in [2.24, 2.45) is 10.9 Å². The van der Waals surface area contributed by atoms with Gasteiger partial charge in [0.2, 0.25) is 0 Å². The molecule has 31 heavy (non-hydrogen) atoms. The Morgan fingerprint density at radius 2 is 1.90 bits per heavy atom. The van der Waals surface area contributed by atoms with Crippen LogP contribution in [0.5, 0.6) is 0 Å². The number of benzene rings is 1. The van der Waals surface area contributed by atoms with Gasteiger partial charge in [0, 0.05) is 38.4 Å². The van der Waals surface area contributed by atoms with Gasteiger partial charge in [-0.05, 0) is 37.0 Å². The summed E-state index contributed by atoms with van der Waals surface area (Å²) in [7, 11) is 0. The molecule has 2 heterocycles. The lowest BCUT2D eigenvalue weighted by Gasteiger charge is -2.36. The lowest BCUT2D eigenvalue weighted by molar-refractivity contribution is 0.00867. The molecule has 0 radical (unpaired) electrons. The minimum atomic E-state index is 0. The van der Waals surface area contributed by atoms with E-state index in [2.05, 4.69) is 59.7 Å². The quantitative estimate of drug-likeness (QED) is 0.291. The lowest BCUT2D eigenvalue weighted by Crippen LogP contribution is -2.48. The number of nitrogens with zero attached hydrogens (tertiary/aromatic N) is 4. The first-order chi connectivity index (χ1) is 14.7. The van der Waals surface area contributed by atoms with Crippen LogP contribution in [0.1, 0.15) is 26.3 Å². The Kier molecular flexibility index (Phi) is 11.3. The second-order valence-electron chi connectivity index (χ2n) is 7.98. The van der Waals surface area contributed by atoms with Gasteiger partial charge in [0.05, 0.1) is 31.6 Å². The van der Waals surface area contributed by atoms with E-state index in [1.807, 2.05) is 29.1 Å². The van der Waals surface area contributed by atoms with Crippen molar-refractivity contribution in [3.63, 3.8) is 0 Å². The van der Waals surface area contributed by atoms with E-state index in [1.54, 1.807) is 0 Å². The fourth-order valence-electron chi connectivity index (χ4n) is 3.72. The highest BCUT2D eigenvalue weighted by Crippen LogP contribution is 2.13. The fourth-order valence-corrected chi connectivity index (χ4v) is 3.72. The maximum Gasteiger partial charge on any atom is 0.191 e. The van der Waals surface area contributed by atoms with Crippen LogP contribution in [0.4, 0.5) is 0 Å². The number of aromatic nitrogens is 2. The molecule has 2 N–H and O–H groups in total. The number of guanidine groups is 1. The van der Waals surface area contributed by atoms with Crippen LogP contribution in [-0.2, 0) is 11.2 Å². The predicted octanol–water partition coefficient (Wildman–Crippen LogP) is 2.94. The summed E-state index contributed by atoms with van der Waals surface area (Å²) in [5.41, 5.74) is 2.28. The van der Waals surface area contributed by atoms with Gasteiger partial charge >= 0.3 is 0 Å². The van der Waals surface area contributed by atoms with E-state index in [1.165, 1.54) is 5.56 Å². The van der Waals surface area contributed by atoms with Gasteiger partial charge in [0.1, 0.15) is 0 Å². The van der Waals surface area contributed by atoms with Crippen LogP contribution in [0.25, 0.3) is 5.69 Å². The van der Waals surface area contributed by atoms with Gasteiger partial charge in [-0.15, -0.1) is 24.0 Å². The average molecular weight is 540 g/mol. The normalized spacial score (nSPS) is 16.1. The monoisotopic (exact) mass is 540 g/mol. The summed E-state index contributed by atoms with van der Waals surface area (Å²) < 4.78 is 7.43.